The third-order valence-corrected chi connectivity index (χ3v) is 15.5. The lowest BCUT2D eigenvalue weighted by molar-refractivity contribution is 0.284. The van der Waals surface area contributed by atoms with Crippen molar-refractivity contribution in [2.75, 3.05) is 23.0 Å². The maximum absolute atomic E-state index is 12.8. The summed E-state index contributed by atoms with van der Waals surface area (Å²) in [5.41, 5.74) is -3.42. The average Bonchev–Trinajstić information content (AvgIpc) is 3.17. The zero-order valence-corrected chi connectivity index (χ0v) is 39.0. The summed E-state index contributed by atoms with van der Waals surface area (Å²) >= 11 is 6.07. The van der Waals surface area contributed by atoms with Crippen LogP contribution in [0.2, 0.25) is 5.28 Å². The number of nitrogens with zero attached hydrogens (tertiary/aromatic N) is 5. The second kappa shape index (κ2) is 18.0. The van der Waals surface area contributed by atoms with Crippen molar-refractivity contribution in [2.24, 2.45) is 10.2 Å². The fraction of sp³-hybridized carbons (Fsp3) is 0.0645. The van der Waals surface area contributed by atoms with Crippen LogP contribution in [0.5, 0.6) is 5.75 Å². The number of phenols is 1. The van der Waals surface area contributed by atoms with Crippen molar-refractivity contribution in [1.82, 2.24) is 15.0 Å². The van der Waals surface area contributed by atoms with Crippen LogP contribution >= 0.6 is 11.6 Å². The van der Waals surface area contributed by atoms with Gasteiger partial charge in [0.2, 0.25) is 17.2 Å². The van der Waals surface area contributed by atoms with Gasteiger partial charge < -0.3 is 15.7 Å². The summed E-state index contributed by atoms with van der Waals surface area (Å²) in [6.45, 7) is -1.11. The van der Waals surface area contributed by atoms with E-state index in [0.717, 1.165) is 42.5 Å². The van der Waals surface area contributed by atoms with Crippen molar-refractivity contribution in [1.29, 1.82) is 0 Å². The molecule has 0 unspecified atom stereocenters. The number of benzene rings is 5. The summed E-state index contributed by atoms with van der Waals surface area (Å²) in [6.07, 6.45) is 0. The number of halogens is 1. The van der Waals surface area contributed by atoms with Gasteiger partial charge in [-0.25, -0.2) is 12.6 Å². The van der Waals surface area contributed by atoms with Crippen LogP contribution in [-0.4, -0.2) is 119 Å². The first-order valence-electron chi connectivity index (χ1n) is 17.2. The Balaban J connectivity index is 1.50. The molecule has 29 nitrogen and oxygen atoms in total. The molecule has 0 spiro atoms. The third kappa shape index (κ3) is 11.6. The molecule has 0 saturated heterocycles. The minimum Gasteiger partial charge on any atom is -0.505 e. The smallest absolute Gasteiger partial charge is 0.397 e. The lowest BCUT2D eigenvalue weighted by Gasteiger charge is -2.16. The van der Waals surface area contributed by atoms with Gasteiger partial charge in [-0.1, -0.05) is 18.2 Å². The topological polar surface area (TPSA) is 477 Å². The Labute approximate surface area is 387 Å². The Morgan fingerprint density at radius 1 is 0.574 bits per heavy atom. The maximum atomic E-state index is 12.8. The molecule has 0 aliphatic rings. The molecule has 0 aliphatic carbocycles. The summed E-state index contributed by atoms with van der Waals surface area (Å²) < 4.78 is 234. The van der Waals surface area contributed by atoms with Gasteiger partial charge in [0.05, 0.1) is 33.5 Å². The standard InChI is InChI=1S/C31H24ClN7O22S7/c32-29-35-30(33-19-6-4-15(13-23(19)65(49,50)51)62(41,42)9-8-61-68(58,59)60)37-31(36-29)34-21-12-16(63(43,44)45)10-14-11-24(66(52,53)54)26(27(40)25(14)21)39-38-20-7-5-17-18(28(20)67(55,56)57)2-1-3-22(17)64(46,47)48/h1-7,10-13,40H,8-9H2,(H,43,44,45)(H,46,47,48)(H,49,50,51)(H,52,53,54)(H,55,56,57)(H,58,59,60)(H2,33,34,35,36,37). The van der Waals surface area contributed by atoms with Crippen LogP contribution in [0.4, 0.5) is 34.6 Å². The molecule has 0 bridgehead atoms. The number of azo groups is 1. The Bertz CT molecular complexity index is 3990. The van der Waals surface area contributed by atoms with Crippen molar-refractivity contribution in [3.05, 3.63) is 72.0 Å². The van der Waals surface area contributed by atoms with Gasteiger partial charge in [0, 0.05) is 16.2 Å². The molecule has 6 aromatic rings. The molecule has 0 saturated carbocycles. The number of nitrogens with one attached hydrogen (secondary N) is 2. The van der Waals surface area contributed by atoms with E-state index in [-0.39, 0.29) is 0 Å². The monoisotopic (exact) mass is 1100 g/mol. The largest absolute Gasteiger partial charge is 0.505 e. The van der Waals surface area contributed by atoms with Gasteiger partial charge in [0.1, 0.15) is 31.0 Å². The molecular formula is C31H24ClN7O22S7. The van der Waals surface area contributed by atoms with Crippen LogP contribution in [-0.2, 0) is 75.0 Å². The van der Waals surface area contributed by atoms with Crippen LogP contribution in [0.3, 0.4) is 0 Å². The number of hydrogen-bond donors (Lipinski definition) is 9. The summed E-state index contributed by atoms with van der Waals surface area (Å²) in [7, 11) is -36.2. The number of anilines is 4. The molecule has 0 atom stereocenters. The minimum absolute atomic E-state index is 0.428. The number of aromatic hydroxyl groups is 1. The normalized spacial score (nSPS) is 13.3. The van der Waals surface area contributed by atoms with E-state index < -0.39 is 180 Å². The number of rotatable bonds is 16. The fourth-order valence-electron chi connectivity index (χ4n) is 6.05. The molecule has 9 N–H and O–H groups in total. The van der Waals surface area contributed by atoms with E-state index in [4.69, 9.17) is 16.2 Å². The fourth-order valence-corrected chi connectivity index (χ4v) is 11.2. The summed E-state index contributed by atoms with van der Waals surface area (Å²) in [5, 5.41) is 20.5. The van der Waals surface area contributed by atoms with E-state index in [9.17, 15) is 86.8 Å². The van der Waals surface area contributed by atoms with Crippen LogP contribution in [0.15, 0.2) is 106 Å². The van der Waals surface area contributed by atoms with E-state index in [0.29, 0.717) is 24.3 Å². The number of hydrogen-bond acceptors (Lipinski definition) is 23. The Morgan fingerprint density at radius 2 is 1.18 bits per heavy atom. The SMILES string of the molecule is O=S(=O)(O)OCCS(=O)(=O)c1ccc(Nc2nc(Cl)nc(Nc3cc(S(=O)(=O)O)cc4cc(S(=O)(=O)O)c(N=Nc5ccc6c(S(=O)(=O)O)cccc6c5S(=O)(=O)O)c(O)c34)n2)c(S(=O)(=O)O)c1. The lowest BCUT2D eigenvalue weighted by Crippen LogP contribution is -2.16. The molecule has 5 aromatic carbocycles. The molecule has 68 heavy (non-hydrogen) atoms. The lowest BCUT2D eigenvalue weighted by atomic mass is 10.1. The summed E-state index contributed by atoms with van der Waals surface area (Å²) in [6, 6.07) is 8.15. The van der Waals surface area contributed by atoms with Crippen LogP contribution in [0.1, 0.15) is 0 Å². The molecule has 1 heterocycles. The number of sulfone groups is 1. The van der Waals surface area contributed by atoms with Gasteiger partial charge >= 0.3 is 10.4 Å². The van der Waals surface area contributed by atoms with E-state index in [1.165, 1.54) is 0 Å². The highest BCUT2D eigenvalue weighted by molar-refractivity contribution is 7.91. The van der Waals surface area contributed by atoms with Crippen molar-refractivity contribution in [2.45, 2.75) is 29.4 Å². The Morgan fingerprint density at radius 3 is 1.74 bits per heavy atom. The first kappa shape index (κ1) is 51.7. The van der Waals surface area contributed by atoms with E-state index >= 15 is 0 Å². The molecule has 0 amide bonds. The van der Waals surface area contributed by atoms with E-state index in [2.05, 4.69) is 40.0 Å². The number of fused-ring (bicyclic) bond motifs is 2. The second-order valence-electron chi connectivity index (χ2n) is 13.2. The van der Waals surface area contributed by atoms with Gasteiger partial charge in [-0.05, 0) is 65.5 Å². The van der Waals surface area contributed by atoms with Gasteiger partial charge in [0.25, 0.3) is 50.6 Å². The van der Waals surface area contributed by atoms with Gasteiger partial charge in [-0.15, -0.1) is 10.2 Å². The van der Waals surface area contributed by atoms with Crippen molar-refractivity contribution >= 4 is 139 Å². The van der Waals surface area contributed by atoms with Crippen LogP contribution in [0, 0.1) is 0 Å². The first-order chi connectivity index (χ1) is 31.0. The molecule has 0 aliphatic heterocycles. The molecule has 0 fully saturated rings. The molecule has 37 heteroatoms. The zero-order valence-electron chi connectivity index (χ0n) is 32.5. The van der Waals surface area contributed by atoms with Crippen LogP contribution < -0.4 is 10.6 Å². The predicted octanol–water partition coefficient (Wildman–Crippen LogP) is 3.27. The molecular weight excluding hydrogens is 1080 g/mol. The quantitative estimate of drug-likeness (QED) is 0.0496. The number of phenolic OH excluding ortho intramolecular Hbond substituents is 1. The Hall–Kier alpha value is -5.71. The molecule has 6 rings (SSSR count). The molecule has 1 aromatic heterocycles. The highest BCUT2D eigenvalue weighted by Crippen LogP contribution is 2.46. The molecule has 0 radical (unpaired) electrons. The first-order valence-corrected chi connectivity index (χ1v) is 27.8. The number of aromatic nitrogens is 3. The minimum atomic E-state index is -5.54. The average molecular weight is 1110 g/mol. The summed E-state index contributed by atoms with van der Waals surface area (Å²) in [4.78, 5) is 5.11. The second-order valence-corrected chi connectivity index (χ2v) is 23.7. The predicted molar refractivity (Wildman–Crippen MR) is 230 cm³/mol. The maximum Gasteiger partial charge on any atom is 0.397 e. The third-order valence-electron chi connectivity index (χ3n) is 8.72. The Kier molecular flexibility index (Phi) is 13.7. The summed E-state index contributed by atoms with van der Waals surface area (Å²) in [5.74, 6) is -3.92. The van der Waals surface area contributed by atoms with Crippen molar-refractivity contribution in [3.63, 3.8) is 0 Å². The zero-order chi connectivity index (χ0) is 50.7. The highest BCUT2D eigenvalue weighted by atomic mass is 35.5. The van der Waals surface area contributed by atoms with Crippen molar-refractivity contribution < 1.29 is 95.5 Å². The van der Waals surface area contributed by atoms with E-state index in [1.54, 1.807) is 0 Å². The van der Waals surface area contributed by atoms with Crippen LogP contribution in [0.25, 0.3) is 21.5 Å². The van der Waals surface area contributed by atoms with Gasteiger partial charge in [-0.3, -0.25) is 27.3 Å². The van der Waals surface area contributed by atoms with Gasteiger partial charge in [-0.2, -0.15) is 65.5 Å². The van der Waals surface area contributed by atoms with Crippen molar-refractivity contribution in [3.8, 4) is 5.75 Å². The highest BCUT2D eigenvalue weighted by Gasteiger charge is 2.29. The molecule has 364 valence electrons. The van der Waals surface area contributed by atoms with Gasteiger partial charge in [0.15, 0.2) is 15.6 Å². The van der Waals surface area contributed by atoms with E-state index in [1.807, 2.05) is 0 Å².